The Bertz CT molecular complexity index is 716. The van der Waals surface area contributed by atoms with E-state index in [1.54, 1.807) is 18.2 Å². The van der Waals surface area contributed by atoms with Gasteiger partial charge in [-0.15, -0.1) is 11.3 Å². The molecule has 21 heavy (non-hydrogen) atoms. The molecule has 0 atom stereocenters. The first kappa shape index (κ1) is 15.9. The van der Waals surface area contributed by atoms with E-state index in [1.807, 2.05) is 11.4 Å². The molecule has 0 saturated carbocycles. The highest BCUT2D eigenvalue weighted by Crippen LogP contribution is 2.25. The molecule has 1 aromatic carbocycles. The lowest BCUT2D eigenvalue weighted by Gasteiger charge is -2.07. The normalized spacial score (nSPS) is 9.86. The van der Waals surface area contributed by atoms with Crippen LogP contribution < -0.4 is 11.1 Å². The molecule has 2 rings (SSSR count). The van der Waals surface area contributed by atoms with Crippen LogP contribution in [0.15, 0.2) is 29.6 Å². The lowest BCUT2D eigenvalue weighted by atomic mass is 10.2. The minimum absolute atomic E-state index is 0.256. The molecule has 3 nitrogen and oxygen atoms in total. The fourth-order valence-corrected chi connectivity index (χ4v) is 2.83. The van der Waals surface area contributed by atoms with Crippen molar-refractivity contribution in [3.63, 3.8) is 0 Å². The van der Waals surface area contributed by atoms with Crippen LogP contribution in [0.2, 0.25) is 10.0 Å². The van der Waals surface area contributed by atoms with Crippen LogP contribution in [-0.4, -0.2) is 12.5 Å². The molecule has 6 heteroatoms. The molecule has 0 unspecified atom stereocenters. The van der Waals surface area contributed by atoms with E-state index in [4.69, 9.17) is 28.9 Å². The van der Waals surface area contributed by atoms with Gasteiger partial charge < -0.3 is 11.1 Å². The lowest BCUT2D eigenvalue weighted by molar-refractivity contribution is 0.0951. The van der Waals surface area contributed by atoms with E-state index in [9.17, 15) is 4.79 Å². The Hall–Kier alpha value is -1.51. The van der Waals surface area contributed by atoms with E-state index >= 15 is 0 Å². The van der Waals surface area contributed by atoms with Gasteiger partial charge in [-0.05, 0) is 23.6 Å². The van der Waals surface area contributed by atoms with Crippen molar-refractivity contribution in [1.29, 1.82) is 0 Å². The number of amides is 1. The van der Waals surface area contributed by atoms with E-state index in [0.717, 1.165) is 10.4 Å². The second kappa shape index (κ2) is 7.48. The first-order chi connectivity index (χ1) is 10.1. The molecule has 0 aliphatic carbocycles. The summed E-state index contributed by atoms with van der Waals surface area (Å²) in [5.41, 5.74) is 6.59. The summed E-state index contributed by atoms with van der Waals surface area (Å²) in [4.78, 5) is 13.1. The lowest BCUT2D eigenvalue weighted by Crippen LogP contribution is -2.23. The summed E-state index contributed by atoms with van der Waals surface area (Å²) >= 11 is 13.4. The van der Waals surface area contributed by atoms with Gasteiger partial charge in [-0.3, -0.25) is 4.79 Å². The Balaban J connectivity index is 2.08. The average molecular weight is 339 g/mol. The van der Waals surface area contributed by atoms with Gasteiger partial charge in [0.15, 0.2) is 0 Å². The van der Waals surface area contributed by atoms with Crippen molar-refractivity contribution >= 4 is 40.4 Å². The van der Waals surface area contributed by atoms with Gasteiger partial charge in [-0.25, -0.2) is 0 Å². The summed E-state index contributed by atoms with van der Waals surface area (Å²) in [6.45, 7) is 0.688. The maximum absolute atomic E-state index is 12.1. The minimum Gasteiger partial charge on any atom is -0.347 e. The van der Waals surface area contributed by atoms with Crippen molar-refractivity contribution in [3.8, 4) is 11.8 Å². The van der Waals surface area contributed by atoms with Gasteiger partial charge in [-0.2, -0.15) is 0 Å². The predicted octanol–water partition coefficient (Wildman–Crippen LogP) is 3.30. The zero-order valence-corrected chi connectivity index (χ0v) is 13.3. The first-order valence-electron chi connectivity index (χ1n) is 6.11. The number of hydrogen-bond acceptors (Lipinski definition) is 3. The van der Waals surface area contributed by atoms with Crippen LogP contribution in [0.5, 0.6) is 0 Å². The molecule has 3 N–H and O–H groups in total. The summed E-state index contributed by atoms with van der Waals surface area (Å²) in [7, 11) is 0. The molecule has 0 saturated heterocycles. The van der Waals surface area contributed by atoms with Crippen LogP contribution in [0.1, 0.15) is 20.8 Å². The smallest absolute Gasteiger partial charge is 0.253 e. The molecule has 108 valence electrons. The SMILES string of the molecule is NCC#Cc1ccsc1CNC(=O)c1cccc(Cl)c1Cl. The highest BCUT2D eigenvalue weighted by Gasteiger charge is 2.13. The molecule has 0 aliphatic heterocycles. The second-order valence-corrected chi connectivity index (χ2v) is 5.83. The average Bonchev–Trinajstić information content (AvgIpc) is 2.93. The maximum atomic E-state index is 12.1. The van der Waals surface area contributed by atoms with Crippen LogP contribution in [0, 0.1) is 11.8 Å². The predicted molar refractivity (Wildman–Crippen MR) is 87.9 cm³/mol. The molecule has 1 heterocycles. The maximum Gasteiger partial charge on any atom is 0.253 e. The van der Waals surface area contributed by atoms with Crippen LogP contribution in [0.3, 0.4) is 0 Å². The molecule has 0 aliphatic rings. The van der Waals surface area contributed by atoms with E-state index in [2.05, 4.69) is 17.2 Å². The van der Waals surface area contributed by atoms with E-state index in [0.29, 0.717) is 23.7 Å². The number of nitrogens with one attached hydrogen (secondary N) is 1. The van der Waals surface area contributed by atoms with Gasteiger partial charge in [0.25, 0.3) is 5.91 Å². The fourth-order valence-electron chi connectivity index (χ4n) is 1.67. The Kier molecular flexibility index (Phi) is 5.66. The molecule has 0 spiro atoms. The van der Waals surface area contributed by atoms with E-state index < -0.39 is 0 Å². The summed E-state index contributed by atoms with van der Waals surface area (Å²) in [5, 5.41) is 5.35. The largest absolute Gasteiger partial charge is 0.347 e. The van der Waals surface area contributed by atoms with Gasteiger partial charge in [0, 0.05) is 10.4 Å². The molecule has 1 amide bonds. The van der Waals surface area contributed by atoms with Crippen molar-refractivity contribution in [2.45, 2.75) is 6.54 Å². The number of benzene rings is 1. The molecular formula is C15H12Cl2N2OS. The Morgan fingerprint density at radius 2 is 2.14 bits per heavy atom. The number of carbonyl (C=O) groups excluding carboxylic acids is 1. The van der Waals surface area contributed by atoms with Crippen molar-refractivity contribution in [3.05, 3.63) is 55.7 Å². The third-order valence-electron chi connectivity index (χ3n) is 2.68. The number of hydrogen-bond donors (Lipinski definition) is 2. The Morgan fingerprint density at radius 1 is 1.33 bits per heavy atom. The van der Waals surface area contributed by atoms with Crippen molar-refractivity contribution in [2.24, 2.45) is 5.73 Å². The third kappa shape index (κ3) is 3.99. The van der Waals surface area contributed by atoms with Crippen LogP contribution in [0.25, 0.3) is 0 Å². The molecule has 0 fully saturated rings. The number of halogens is 2. The first-order valence-corrected chi connectivity index (χ1v) is 7.74. The molecule has 1 aromatic heterocycles. The van der Waals surface area contributed by atoms with Gasteiger partial charge in [-0.1, -0.05) is 41.1 Å². The van der Waals surface area contributed by atoms with Gasteiger partial charge in [0.2, 0.25) is 0 Å². The molecule has 2 aromatic rings. The highest BCUT2D eigenvalue weighted by molar-refractivity contribution is 7.10. The number of carbonyl (C=O) groups is 1. The quantitative estimate of drug-likeness (QED) is 0.843. The summed E-state index contributed by atoms with van der Waals surface area (Å²) in [6.07, 6.45) is 0. The van der Waals surface area contributed by atoms with Crippen molar-refractivity contribution in [2.75, 3.05) is 6.54 Å². The minimum atomic E-state index is -0.270. The van der Waals surface area contributed by atoms with Gasteiger partial charge in [0.1, 0.15) is 0 Å². The zero-order chi connectivity index (χ0) is 15.2. The van der Waals surface area contributed by atoms with Gasteiger partial charge >= 0.3 is 0 Å². The summed E-state index contributed by atoms with van der Waals surface area (Å²) in [6, 6.07) is 6.86. The second-order valence-electron chi connectivity index (χ2n) is 4.05. The van der Waals surface area contributed by atoms with E-state index in [-0.39, 0.29) is 10.9 Å². The van der Waals surface area contributed by atoms with Gasteiger partial charge in [0.05, 0.1) is 28.7 Å². The topological polar surface area (TPSA) is 55.1 Å². The number of rotatable bonds is 3. The third-order valence-corrected chi connectivity index (χ3v) is 4.42. The Labute approximate surface area is 137 Å². The monoisotopic (exact) mass is 338 g/mol. The summed E-state index contributed by atoms with van der Waals surface area (Å²) in [5.74, 6) is 5.50. The van der Waals surface area contributed by atoms with Crippen LogP contribution in [0.4, 0.5) is 0 Å². The van der Waals surface area contributed by atoms with Crippen LogP contribution in [-0.2, 0) is 6.54 Å². The fraction of sp³-hybridized carbons (Fsp3) is 0.133. The molecule has 0 bridgehead atoms. The highest BCUT2D eigenvalue weighted by atomic mass is 35.5. The molecule has 0 radical (unpaired) electrons. The van der Waals surface area contributed by atoms with Crippen molar-refractivity contribution < 1.29 is 4.79 Å². The van der Waals surface area contributed by atoms with E-state index in [1.165, 1.54) is 11.3 Å². The molecular weight excluding hydrogens is 327 g/mol. The van der Waals surface area contributed by atoms with Crippen molar-refractivity contribution in [1.82, 2.24) is 5.32 Å². The zero-order valence-electron chi connectivity index (χ0n) is 11.0. The summed E-state index contributed by atoms with van der Waals surface area (Å²) < 4.78 is 0. The van der Waals surface area contributed by atoms with Crippen LogP contribution >= 0.6 is 34.5 Å². The Morgan fingerprint density at radius 3 is 2.90 bits per heavy atom. The number of nitrogens with two attached hydrogens (primary N) is 1. The number of thiophene rings is 1. The standard InChI is InChI=1S/C15H12Cl2N2OS/c16-12-5-1-4-11(14(12)17)15(20)19-9-13-10(3-2-7-18)6-8-21-13/h1,4-6,8H,7,9,18H2,(H,19,20).